The Labute approximate surface area is 85.3 Å². The van der Waals surface area contributed by atoms with Crippen molar-refractivity contribution in [3.8, 4) is 5.75 Å². The Morgan fingerprint density at radius 1 is 1.36 bits per heavy atom. The molecule has 0 unspecified atom stereocenters. The number of ether oxygens (including phenoxy) is 1. The first-order valence-corrected chi connectivity index (χ1v) is 4.58. The summed E-state index contributed by atoms with van der Waals surface area (Å²) in [7, 11) is 1.66. The lowest BCUT2D eigenvalue weighted by atomic mass is 9.84. The second-order valence-corrected chi connectivity index (χ2v) is 3.90. The summed E-state index contributed by atoms with van der Waals surface area (Å²) in [5.74, 6) is 0.862. The van der Waals surface area contributed by atoms with Gasteiger partial charge in [-0.1, -0.05) is 18.2 Å². The van der Waals surface area contributed by atoms with Crippen LogP contribution < -0.4 is 4.74 Å². The van der Waals surface area contributed by atoms with E-state index in [0.29, 0.717) is 6.54 Å². The van der Waals surface area contributed by atoms with Crippen molar-refractivity contribution in [2.24, 2.45) is 0 Å². The first kappa shape index (κ1) is 10.6. The number of nitrogens with zero attached hydrogens (tertiary/aromatic N) is 1. The molecular formula is C12H15NO. The molecule has 0 aromatic heterocycles. The molecule has 0 saturated heterocycles. The van der Waals surface area contributed by atoms with Crippen LogP contribution in [0.5, 0.6) is 5.75 Å². The minimum absolute atomic E-state index is 0.144. The standard InChI is InChI=1S/C12H15NO/c1-12(2,9-13-3)10-7-5-6-8-11(10)14-4/h5-8H,9H2,1-2,4H3. The van der Waals surface area contributed by atoms with Gasteiger partial charge in [-0.25, -0.2) is 6.57 Å². The molecule has 1 aromatic carbocycles. The highest BCUT2D eigenvalue weighted by atomic mass is 16.5. The predicted octanol–water partition coefficient (Wildman–Crippen LogP) is 2.89. The molecule has 0 aliphatic carbocycles. The van der Waals surface area contributed by atoms with Crippen LogP contribution in [0.4, 0.5) is 0 Å². The van der Waals surface area contributed by atoms with Crippen molar-refractivity contribution in [3.63, 3.8) is 0 Å². The largest absolute Gasteiger partial charge is 0.496 e. The van der Waals surface area contributed by atoms with Gasteiger partial charge >= 0.3 is 0 Å². The monoisotopic (exact) mass is 189 g/mol. The zero-order valence-electron chi connectivity index (χ0n) is 8.87. The molecule has 0 bridgehead atoms. The van der Waals surface area contributed by atoms with Gasteiger partial charge in [0.25, 0.3) is 0 Å². The molecule has 0 fully saturated rings. The van der Waals surface area contributed by atoms with E-state index in [9.17, 15) is 0 Å². The lowest BCUT2D eigenvalue weighted by Crippen LogP contribution is -2.21. The highest BCUT2D eigenvalue weighted by Gasteiger charge is 2.27. The van der Waals surface area contributed by atoms with E-state index in [1.54, 1.807) is 7.11 Å². The van der Waals surface area contributed by atoms with E-state index in [4.69, 9.17) is 11.3 Å². The van der Waals surface area contributed by atoms with Crippen LogP contribution in [0, 0.1) is 6.57 Å². The normalized spacial score (nSPS) is 10.7. The van der Waals surface area contributed by atoms with Gasteiger partial charge in [-0.05, 0) is 19.9 Å². The lowest BCUT2D eigenvalue weighted by molar-refractivity contribution is 0.396. The van der Waals surface area contributed by atoms with Gasteiger partial charge in [-0.15, -0.1) is 0 Å². The number of benzene rings is 1. The smallest absolute Gasteiger partial charge is 0.223 e. The predicted molar refractivity (Wildman–Crippen MR) is 57.5 cm³/mol. The van der Waals surface area contributed by atoms with Gasteiger partial charge in [0.05, 0.1) is 12.5 Å². The van der Waals surface area contributed by atoms with Crippen molar-refractivity contribution in [1.82, 2.24) is 0 Å². The van der Waals surface area contributed by atoms with Crippen LogP contribution in [-0.2, 0) is 5.41 Å². The Kier molecular flexibility index (Phi) is 3.14. The zero-order chi connectivity index (χ0) is 10.6. The van der Waals surface area contributed by atoms with Crippen molar-refractivity contribution in [3.05, 3.63) is 41.2 Å². The van der Waals surface area contributed by atoms with E-state index in [-0.39, 0.29) is 5.41 Å². The summed E-state index contributed by atoms with van der Waals surface area (Å²) in [6, 6.07) is 7.87. The van der Waals surface area contributed by atoms with Crippen molar-refractivity contribution < 1.29 is 4.74 Å². The molecule has 0 atom stereocenters. The maximum atomic E-state index is 6.92. The van der Waals surface area contributed by atoms with Crippen molar-refractivity contribution >= 4 is 0 Å². The van der Waals surface area contributed by atoms with Crippen LogP contribution in [0.15, 0.2) is 24.3 Å². The van der Waals surface area contributed by atoms with Crippen LogP contribution in [-0.4, -0.2) is 13.7 Å². The second kappa shape index (κ2) is 4.15. The number of rotatable bonds is 3. The lowest BCUT2D eigenvalue weighted by Gasteiger charge is -2.21. The van der Waals surface area contributed by atoms with Crippen LogP contribution in [0.1, 0.15) is 19.4 Å². The summed E-state index contributed by atoms with van der Waals surface area (Å²) in [5.41, 5.74) is 0.951. The molecule has 0 spiro atoms. The number of para-hydroxylation sites is 1. The van der Waals surface area contributed by atoms with Gasteiger partial charge in [0, 0.05) is 5.56 Å². The molecule has 74 valence electrons. The van der Waals surface area contributed by atoms with Crippen LogP contribution >= 0.6 is 0 Å². The fourth-order valence-corrected chi connectivity index (χ4v) is 1.49. The molecule has 0 aliphatic rings. The molecule has 0 heterocycles. The summed E-state index contributed by atoms with van der Waals surface area (Å²) in [6.45, 7) is 11.5. The van der Waals surface area contributed by atoms with E-state index in [1.165, 1.54) is 0 Å². The third kappa shape index (κ3) is 2.05. The van der Waals surface area contributed by atoms with Gasteiger partial charge in [0.1, 0.15) is 5.75 Å². The second-order valence-electron chi connectivity index (χ2n) is 3.90. The summed E-state index contributed by atoms with van der Waals surface area (Å²) >= 11 is 0. The van der Waals surface area contributed by atoms with E-state index in [1.807, 2.05) is 24.3 Å². The third-order valence-corrected chi connectivity index (χ3v) is 2.31. The van der Waals surface area contributed by atoms with Gasteiger partial charge in [0.15, 0.2) is 0 Å². The maximum Gasteiger partial charge on any atom is 0.223 e. The first-order valence-electron chi connectivity index (χ1n) is 4.58. The molecule has 0 radical (unpaired) electrons. The highest BCUT2D eigenvalue weighted by molar-refractivity contribution is 5.39. The van der Waals surface area contributed by atoms with Crippen LogP contribution in [0.25, 0.3) is 4.85 Å². The van der Waals surface area contributed by atoms with E-state index >= 15 is 0 Å². The summed E-state index contributed by atoms with van der Waals surface area (Å²) in [5, 5.41) is 0. The molecule has 1 aromatic rings. The van der Waals surface area contributed by atoms with Gasteiger partial charge < -0.3 is 9.58 Å². The summed E-state index contributed by atoms with van der Waals surface area (Å²) < 4.78 is 5.28. The van der Waals surface area contributed by atoms with E-state index in [0.717, 1.165) is 11.3 Å². The van der Waals surface area contributed by atoms with E-state index in [2.05, 4.69) is 18.7 Å². The zero-order valence-corrected chi connectivity index (χ0v) is 8.87. The maximum absolute atomic E-state index is 6.92. The Hall–Kier alpha value is -1.49. The van der Waals surface area contributed by atoms with Gasteiger partial charge in [-0.3, -0.25) is 0 Å². The summed E-state index contributed by atoms with van der Waals surface area (Å²) in [4.78, 5) is 3.45. The number of hydrogen-bond acceptors (Lipinski definition) is 1. The molecule has 0 N–H and O–H groups in total. The van der Waals surface area contributed by atoms with Crippen molar-refractivity contribution in [1.29, 1.82) is 0 Å². The Balaban J connectivity index is 3.11. The summed E-state index contributed by atoms with van der Waals surface area (Å²) in [6.07, 6.45) is 0. The number of methoxy groups -OCH3 is 1. The Morgan fingerprint density at radius 3 is 2.57 bits per heavy atom. The van der Waals surface area contributed by atoms with Crippen molar-refractivity contribution in [2.75, 3.05) is 13.7 Å². The van der Waals surface area contributed by atoms with Gasteiger partial charge in [0.2, 0.25) is 6.54 Å². The number of hydrogen-bond donors (Lipinski definition) is 0. The molecular weight excluding hydrogens is 174 g/mol. The average molecular weight is 189 g/mol. The average Bonchev–Trinajstić information content (AvgIpc) is 2.18. The fraction of sp³-hybridized carbons (Fsp3) is 0.417. The molecule has 0 saturated carbocycles. The molecule has 0 amide bonds. The molecule has 1 rings (SSSR count). The van der Waals surface area contributed by atoms with Gasteiger partial charge in [-0.2, -0.15) is 0 Å². The molecule has 14 heavy (non-hydrogen) atoms. The minimum atomic E-state index is -0.144. The Morgan fingerprint density at radius 2 is 2.00 bits per heavy atom. The Bertz CT molecular complexity index is 350. The van der Waals surface area contributed by atoms with Crippen LogP contribution in [0.2, 0.25) is 0 Å². The van der Waals surface area contributed by atoms with Crippen LogP contribution in [0.3, 0.4) is 0 Å². The molecule has 0 aliphatic heterocycles. The SMILES string of the molecule is [C-]#[N+]CC(C)(C)c1ccccc1OC. The van der Waals surface area contributed by atoms with Crippen molar-refractivity contribution in [2.45, 2.75) is 19.3 Å². The highest BCUT2D eigenvalue weighted by Crippen LogP contribution is 2.31. The third-order valence-electron chi connectivity index (χ3n) is 2.31. The van der Waals surface area contributed by atoms with E-state index < -0.39 is 0 Å². The minimum Gasteiger partial charge on any atom is -0.496 e. The quantitative estimate of drug-likeness (QED) is 0.666. The molecule has 2 heteroatoms. The first-order chi connectivity index (χ1) is 6.61. The molecule has 2 nitrogen and oxygen atoms in total. The topological polar surface area (TPSA) is 13.6 Å². The fourth-order valence-electron chi connectivity index (χ4n) is 1.49.